The van der Waals surface area contributed by atoms with Crippen molar-refractivity contribution in [2.75, 3.05) is 26.2 Å². The van der Waals surface area contributed by atoms with Gasteiger partial charge in [-0.25, -0.2) is 9.78 Å². The highest BCUT2D eigenvalue weighted by Crippen LogP contribution is 2.36. The summed E-state index contributed by atoms with van der Waals surface area (Å²) in [5.41, 5.74) is 0.102. The minimum absolute atomic E-state index is 0.0441. The third-order valence-corrected chi connectivity index (χ3v) is 5.37. The molecule has 3 heterocycles. The van der Waals surface area contributed by atoms with E-state index in [4.69, 9.17) is 4.74 Å². The standard InChI is InChI=1S/C14H21N3O2S/c1-11(12-15-5-9-20-12)10-16-13(18)17-6-2-14(3-7-17)4-8-19-14/h5,9,11H,2-4,6-8,10H2,1H3,(H,16,18). The fourth-order valence-electron chi connectivity index (χ4n) is 2.82. The van der Waals surface area contributed by atoms with Crippen LogP contribution >= 0.6 is 11.3 Å². The molecule has 0 aromatic carbocycles. The van der Waals surface area contributed by atoms with Crippen molar-refractivity contribution in [1.29, 1.82) is 0 Å². The molecule has 1 atom stereocenters. The second kappa shape index (κ2) is 5.69. The molecule has 0 aliphatic carbocycles. The topological polar surface area (TPSA) is 54.5 Å². The van der Waals surface area contributed by atoms with Crippen LogP contribution in [0.2, 0.25) is 0 Å². The highest BCUT2D eigenvalue weighted by Gasteiger charge is 2.41. The number of hydrogen-bond acceptors (Lipinski definition) is 4. The fourth-order valence-corrected chi connectivity index (χ4v) is 3.52. The Labute approximate surface area is 123 Å². The number of amides is 2. The lowest BCUT2D eigenvalue weighted by atomic mass is 9.84. The van der Waals surface area contributed by atoms with Crippen LogP contribution in [0.3, 0.4) is 0 Å². The van der Waals surface area contributed by atoms with E-state index < -0.39 is 0 Å². The number of nitrogens with zero attached hydrogens (tertiary/aromatic N) is 2. The summed E-state index contributed by atoms with van der Waals surface area (Å²) in [5, 5.41) is 6.06. The van der Waals surface area contributed by atoms with Gasteiger partial charge < -0.3 is 15.0 Å². The highest BCUT2D eigenvalue weighted by atomic mass is 32.1. The molecule has 2 aliphatic heterocycles. The fraction of sp³-hybridized carbons (Fsp3) is 0.714. The quantitative estimate of drug-likeness (QED) is 0.930. The van der Waals surface area contributed by atoms with E-state index in [0.29, 0.717) is 6.54 Å². The largest absolute Gasteiger partial charge is 0.375 e. The zero-order valence-corrected chi connectivity index (χ0v) is 12.6. The summed E-state index contributed by atoms with van der Waals surface area (Å²) in [5.74, 6) is 0.269. The molecule has 1 unspecified atom stereocenters. The average molecular weight is 295 g/mol. The van der Waals surface area contributed by atoms with Gasteiger partial charge in [0.1, 0.15) is 0 Å². The number of thiazole rings is 1. The number of aromatic nitrogens is 1. The lowest BCUT2D eigenvalue weighted by molar-refractivity contribution is -0.169. The van der Waals surface area contributed by atoms with Gasteiger partial charge >= 0.3 is 6.03 Å². The summed E-state index contributed by atoms with van der Waals surface area (Å²) in [6.45, 7) is 5.23. The third-order valence-electron chi connectivity index (χ3n) is 4.36. The maximum Gasteiger partial charge on any atom is 0.317 e. The Hall–Kier alpha value is -1.14. The molecule has 1 aromatic heterocycles. The summed E-state index contributed by atoms with van der Waals surface area (Å²) in [6, 6.07) is 0.0441. The van der Waals surface area contributed by atoms with E-state index in [-0.39, 0.29) is 17.6 Å². The zero-order chi connectivity index (χ0) is 14.0. The van der Waals surface area contributed by atoms with Gasteiger partial charge in [-0.1, -0.05) is 6.92 Å². The van der Waals surface area contributed by atoms with Crippen LogP contribution in [0.5, 0.6) is 0 Å². The number of hydrogen-bond donors (Lipinski definition) is 1. The lowest BCUT2D eigenvalue weighted by Gasteiger charge is -2.47. The molecule has 2 amide bonds. The van der Waals surface area contributed by atoms with Gasteiger partial charge in [-0.15, -0.1) is 11.3 Å². The maximum atomic E-state index is 12.1. The smallest absolute Gasteiger partial charge is 0.317 e. The molecule has 5 nitrogen and oxygen atoms in total. The van der Waals surface area contributed by atoms with Gasteiger partial charge in [0.25, 0.3) is 0 Å². The van der Waals surface area contributed by atoms with Gasteiger partial charge in [0.15, 0.2) is 0 Å². The number of ether oxygens (including phenoxy) is 1. The van der Waals surface area contributed by atoms with Gasteiger partial charge in [0.2, 0.25) is 0 Å². The average Bonchev–Trinajstić information content (AvgIpc) is 2.97. The number of carbonyl (C=O) groups excluding carboxylic acids is 1. The van der Waals surface area contributed by atoms with Gasteiger partial charge in [-0.2, -0.15) is 0 Å². The highest BCUT2D eigenvalue weighted by molar-refractivity contribution is 7.09. The number of nitrogens with one attached hydrogen (secondary N) is 1. The summed E-state index contributed by atoms with van der Waals surface area (Å²) >= 11 is 1.64. The molecular weight excluding hydrogens is 274 g/mol. The van der Waals surface area contributed by atoms with Crippen molar-refractivity contribution < 1.29 is 9.53 Å². The number of carbonyl (C=O) groups is 1. The Morgan fingerprint density at radius 3 is 2.85 bits per heavy atom. The monoisotopic (exact) mass is 295 g/mol. The second-order valence-corrected chi connectivity index (χ2v) is 6.65. The van der Waals surface area contributed by atoms with Crippen molar-refractivity contribution in [3.05, 3.63) is 16.6 Å². The molecule has 1 aromatic rings. The van der Waals surface area contributed by atoms with E-state index in [1.807, 2.05) is 10.3 Å². The number of urea groups is 1. The van der Waals surface area contributed by atoms with Crippen molar-refractivity contribution >= 4 is 17.4 Å². The maximum absolute atomic E-state index is 12.1. The molecule has 0 radical (unpaired) electrons. The minimum atomic E-state index is 0.0441. The van der Waals surface area contributed by atoms with Crippen LogP contribution in [0.1, 0.15) is 37.1 Å². The molecule has 1 N–H and O–H groups in total. The van der Waals surface area contributed by atoms with Crippen LogP contribution in [-0.2, 0) is 4.74 Å². The normalized spacial score (nSPS) is 22.4. The van der Waals surface area contributed by atoms with Crippen molar-refractivity contribution in [2.45, 2.75) is 37.7 Å². The molecule has 110 valence electrons. The van der Waals surface area contributed by atoms with Crippen LogP contribution < -0.4 is 5.32 Å². The summed E-state index contributed by atoms with van der Waals surface area (Å²) in [6.07, 6.45) is 4.91. The summed E-state index contributed by atoms with van der Waals surface area (Å²) in [4.78, 5) is 18.3. The molecule has 2 saturated heterocycles. The SMILES string of the molecule is CC(CNC(=O)N1CCC2(CCO2)CC1)c1nccs1. The Kier molecular flexibility index (Phi) is 3.94. The molecule has 0 bridgehead atoms. The molecule has 20 heavy (non-hydrogen) atoms. The van der Waals surface area contributed by atoms with Gasteiger partial charge in [-0.3, -0.25) is 0 Å². The van der Waals surface area contributed by atoms with Crippen molar-refractivity contribution in [3.63, 3.8) is 0 Å². The Morgan fingerprint density at radius 1 is 1.55 bits per heavy atom. The first-order valence-electron chi connectivity index (χ1n) is 7.25. The first kappa shape index (κ1) is 13.8. The van der Waals surface area contributed by atoms with Crippen LogP contribution in [0.25, 0.3) is 0 Å². The Balaban J connectivity index is 1.43. The summed E-state index contributed by atoms with van der Waals surface area (Å²) < 4.78 is 5.67. The molecule has 6 heteroatoms. The van der Waals surface area contributed by atoms with E-state index in [2.05, 4.69) is 17.2 Å². The second-order valence-electron chi connectivity index (χ2n) is 5.73. The van der Waals surface area contributed by atoms with Gasteiger partial charge in [0, 0.05) is 37.1 Å². The molecule has 2 fully saturated rings. The van der Waals surface area contributed by atoms with Crippen molar-refractivity contribution in [3.8, 4) is 0 Å². The van der Waals surface area contributed by atoms with Gasteiger partial charge in [-0.05, 0) is 19.3 Å². The first-order valence-corrected chi connectivity index (χ1v) is 8.13. The molecular formula is C14H21N3O2S. The van der Waals surface area contributed by atoms with Crippen LogP contribution in [0.15, 0.2) is 11.6 Å². The predicted molar refractivity (Wildman–Crippen MR) is 78.0 cm³/mol. The minimum Gasteiger partial charge on any atom is -0.375 e. The molecule has 1 spiro atoms. The van der Waals surface area contributed by atoms with E-state index >= 15 is 0 Å². The third kappa shape index (κ3) is 2.81. The van der Waals surface area contributed by atoms with Crippen molar-refractivity contribution in [2.24, 2.45) is 0 Å². The van der Waals surface area contributed by atoms with Crippen molar-refractivity contribution in [1.82, 2.24) is 15.2 Å². The number of rotatable bonds is 3. The molecule has 2 aliphatic rings. The number of likely N-dealkylation sites (tertiary alicyclic amines) is 1. The van der Waals surface area contributed by atoms with Gasteiger partial charge in [0.05, 0.1) is 17.2 Å². The summed E-state index contributed by atoms with van der Waals surface area (Å²) in [7, 11) is 0. The first-order chi connectivity index (χ1) is 9.69. The lowest BCUT2D eigenvalue weighted by Crippen LogP contribution is -2.55. The molecule has 3 rings (SSSR count). The Morgan fingerprint density at radius 2 is 2.30 bits per heavy atom. The van der Waals surface area contributed by atoms with E-state index in [1.165, 1.54) is 0 Å². The molecule has 0 saturated carbocycles. The van der Waals surface area contributed by atoms with Crippen LogP contribution in [0, 0.1) is 0 Å². The zero-order valence-electron chi connectivity index (χ0n) is 11.8. The van der Waals surface area contributed by atoms with E-state index in [0.717, 1.165) is 44.0 Å². The predicted octanol–water partition coefficient (Wildman–Crippen LogP) is 2.21. The van der Waals surface area contributed by atoms with E-state index in [9.17, 15) is 4.79 Å². The Bertz CT molecular complexity index is 449. The van der Waals surface area contributed by atoms with E-state index in [1.54, 1.807) is 17.5 Å². The van der Waals surface area contributed by atoms with Crippen LogP contribution in [0.4, 0.5) is 4.79 Å². The number of piperidine rings is 1. The van der Waals surface area contributed by atoms with Crippen LogP contribution in [-0.4, -0.2) is 47.8 Å².